The summed E-state index contributed by atoms with van der Waals surface area (Å²) in [4.78, 5) is -0.0959. The monoisotopic (exact) mass is 326 g/mol. The molecule has 0 aliphatic heterocycles. The first-order valence-electron chi connectivity index (χ1n) is 6.04. The first-order chi connectivity index (χ1) is 9.53. The lowest BCUT2D eigenvalue weighted by Gasteiger charge is -2.12. The fourth-order valence-corrected chi connectivity index (χ4v) is 2.77. The number of nitrogen functional groups attached to an aromatic ring is 1. The lowest BCUT2D eigenvalue weighted by Crippen LogP contribution is -2.29. The van der Waals surface area contributed by atoms with Gasteiger partial charge >= 0.3 is 6.18 Å². The van der Waals surface area contributed by atoms with E-state index in [4.69, 9.17) is 5.73 Å². The van der Waals surface area contributed by atoms with Gasteiger partial charge in [0, 0.05) is 6.54 Å². The average Bonchev–Trinajstić information content (AvgIpc) is 2.31. The molecule has 0 radical (unpaired) electrons. The highest BCUT2D eigenvalue weighted by atomic mass is 32.2. The summed E-state index contributed by atoms with van der Waals surface area (Å²) in [6.45, 7) is 1.45. The molecule has 3 N–H and O–H groups in total. The zero-order valence-corrected chi connectivity index (χ0v) is 12.4. The molecule has 0 unspecified atom stereocenters. The van der Waals surface area contributed by atoms with E-state index >= 15 is 0 Å². The van der Waals surface area contributed by atoms with Crippen molar-refractivity contribution in [3.05, 3.63) is 23.3 Å². The normalized spacial score (nSPS) is 12.6. The number of hydrogen-bond donors (Lipinski definition) is 2. The molecule has 0 saturated heterocycles. The molecule has 0 atom stereocenters. The van der Waals surface area contributed by atoms with Gasteiger partial charge in [-0.05, 0) is 37.1 Å². The summed E-state index contributed by atoms with van der Waals surface area (Å²) in [5.41, 5.74) is 7.34. The molecule has 1 aromatic carbocycles. The Bertz CT molecular complexity index is 601. The second-order valence-corrected chi connectivity index (χ2v) is 6.28. The van der Waals surface area contributed by atoms with Gasteiger partial charge in [-0.2, -0.15) is 13.2 Å². The highest BCUT2D eigenvalue weighted by Crippen LogP contribution is 2.22. The Hall–Kier alpha value is -1.32. The van der Waals surface area contributed by atoms with Crippen molar-refractivity contribution in [1.29, 1.82) is 0 Å². The highest BCUT2D eigenvalue weighted by Gasteiger charge is 2.27. The highest BCUT2D eigenvalue weighted by molar-refractivity contribution is 7.89. The van der Waals surface area contributed by atoms with E-state index in [1.807, 2.05) is 0 Å². The summed E-state index contributed by atoms with van der Waals surface area (Å²) in [5.74, 6) is 0. The second-order valence-electron chi connectivity index (χ2n) is 4.54. The van der Waals surface area contributed by atoms with E-state index < -0.39 is 22.8 Å². The Morgan fingerprint density at radius 3 is 2.38 bits per heavy atom. The van der Waals surface area contributed by atoms with Crippen LogP contribution in [0.15, 0.2) is 17.0 Å². The molecule has 0 amide bonds. The molecule has 1 aromatic rings. The van der Waals surface area contributed by atoms with Crippen molar-refractivity contribution in [3.63, 3.8) is 0 Å². The topological polar surface area (TPSA) is 81.4 Å². The number of alkyl halides is 3. The molecule has 21 heavy (non-hydrogen) atoms. The van der Waals surface area contributed by atoms with Crippen LogP contribution < -0.4 is 10.5 Å². The maximum absolute atomic E-state index is 12.0. The van der Waals surface area contributed by atoms with Crippen LogP contribution in [0.4, 0.5) is 18.9 Å². The minimum absolute atomic E-state index is 0.0850. The first kappa shape index (κ1) is 17.7. The fourth-order valence-electron chi connectivity index (χ4n) is 1.56. The van der Waals surface area contributed by atoms with E-state index in [0.717, 1.165) is 11.1 Å². The third-order valence-corrected chi connectivity index (χ3v) is 4.24. The Morgan fingerprint density at radius 1 is 1.24 bits per heavy atom. The van der Waals surface area contributed by atoms with Crippen molar-refractivity contribution in [2.24, 2.45) is 0 Å². The molecule has 0 heterocycles. The van der Waals surface area contributed by atoms with Gasteiger partial charge in [-0.25, -0.2) is 13.1 Å². The number of nitrogens with one attached hydrogen (secondary N) is 1. The van der Waals surface area contributed by atoms with Gasteiger partial charge in [-0.1, -0.05) is 0 Å². The number of sulfonamides is 1. The predicted molar refractivity (Wildman–Crippen MR) is 72.4 cm³/mol. The van der Waals surface area contributed by atoms with E-state index in [9.17, 15) is 21.6 Å². The number of halogens is 3. The Labute approximate surface area is 121 Å². The molecule has 120 valence electrons. The van der Waals surface area contributed by atoms with E-state index in [-0.39, 0.29) is 23.7 Å². The summed E-state index contributed by atoms with van der Waals surface area (Å²) in [5, 5.41) is 0. The van der Waals surface area contributed by atoms with Crippen molar-refractivity contribution in [2.75, 3.05) is 25.5 Å². The number of nitrogens with two attached hydrogens (primary N) is 1. The van der Waals surface area contributed by atoms with Crippen molar-refractivity contribution < 1.29 is 26.3 Å². The molecule has 0 spiro atoms. The summed E-state index contributed by atoms with van der Waals surface area (Å²) >= 11 is 0. The zero-order chi connectivity index (χ0) is 16.3. The van der Waals surface area contributed by atoms with Gasteiger partial charge in [0.2, 0.25) is 10.0 Å². The molecule has 1 rings (SSSR count). The Kier molecular flexibility index (Phi) is 5.60. The van der Waals surface area contributed by atoms with Gasteiger partial charge in [-0.3, -0.25) is 0 Å². The largest absolute Gasteiger partial charge is 0.411 e. The van der Waals surface area contributed by atoms with Crippen LogP contribution in [0.25, 0.3) is 0 Å². The maximum atomic E-state index is 12.0. The number of rotatable bonds is 6. The minimum Gasteiger partial charge on any atom is -0.398 e. The van der Waals surface area contributed by atoms with Crippen LogP contribution in [-0.2, 0) is 14.8 Å². The quantitative estimate of drug-likeness (QED) is 0.616. The molecule has 0 bridgehead atoms. The van der Waals surface area contributed by atoms with Crippen LogP contribution in [-0.4, -0.2) is 34.4 Å². The van der Waals surface area contributed by atoms with Gasteiger partial charge in [0.15, 0.2) is 0 Å². The first-order valence-corrected chi connectivity index (χ1v) is 7.52. The number of hydrogen-bond acceptors (Lipinski definition) is 4. The third kappa shape index (κ3) is 5.52. The van der Waals surface area contributed by atoms with E-state index in [1.54, 1.807) is 13.8 Å². The smallest absolute Gasteiger partial charge is 0.398 e. The van der Waals surface area contributed by atoms with Crippen LogP contribution in [0.3, 0.4) is 0 Å². The summed E-state index contributed by atoms with van der Waals surface area (Å²) < 4.78 is 66.0. The molecule has 0 aromatic heterocycles. The lowest BCUT2D eigenvalue weighted by molar-refractivity contribution is -0.173. The SMILES string of the molecule is Cc1cc(N)c(S(=O)(=O)NCCOCC(F)(F)F)cc1C. The van der Waals surface area contributed by atoms with Crippen molar-refractivity contribution in [1.82, 2.24) is 4.72 Å². The van der Waals surface area contributed by atoms with Gasteiger partial charge in [0.1, 0.15) is 11.5 Å². The van der Waals surface area contributed by atoms with Gasteiger partial charge in [0.05, 0.1) is 12.3 Å². The minimum atomic E-state index is -4.43. The standard InChI is InChI=1S/C12H17F3N2O3S/c1-8-5-10(16)11(6-9(8)2)21(18,19)17-3-4-20-7-12(13,14)15/h5-6,17H,3-4,7,16H2,1-2H3. The molecular formula is C12H17F3N2O3S. The fraction of sp³-hybridized carbons (Fsp3) is 0.500. The third-order valence-electron chi connectivity index (χ3n) is 2.72. The van der Waals surface area contributed by atoms with Crippen LogP contribution >= 0.6 is 0 Å². The van der Waals surface area contributed by atoms with E-state index in [0.29, 0.717) is 0 Å². The van der Waals surface area contributed by atoms with Crippen LogP contribution in [0, 0.1) is 13.8 Å². The molecule has 0 saturated carbocycles. The Balaban J connectivity index is 2.64. The molecular weight excluding hydrogens is 309 g/mol. The Morgan fingerprint density at radius 2 is 1.81 bits per heavy atom. The molecule has 5 nitrogen and oxygen atoms in total. The lowest BCUT2D eigenvalue weighted by atomic mass is 10.1. The average molecular weight is 326 g/mol. The van der Waals surface area contributed by atoms with E-state index in [1.165, 1.54) is 12.1 Å². The van der Waals surface area contributed by atoms with Gasteiger partial charge in [-0.15, -0.1) is 0 Å². The number of aryl methyl sites for hydroxylation is 2. The summed E-state index contributed by atoms with van der Waals surface area (Å²) in [7, 11) is -3.88. The van der Waals surface area contributed by atoms with E-state index in [2.05, 4.69) is 9.46 Å². The zero-order valence-electron chi connectivity index (χ0n) is 11.6. The maximum Gasteiger partial charge on any atom is 0.411 e. The van der Waals surface area contributed by atoms with Crippen LogP contribution in [0.5, 0.6) is 0 Å². The molecule has 0 aliphatic rings. The van der Waals surface area contributed by atoms with Gasteiger partial charge in [0.25, 0.3) is 0 Å². The number of benzene rings is 1. The molecule has 0 fully saturated rings. The number of anilines is 1. The summed E-state index contributed by atoms with van der Waals surface area (Å²) in [6.07, 6.45) is -4.43. The predicted octanol–water partition coefficient (Wildman–Crippen LogP) is 1.74. The van der Waals surface area contributed by atoms with Gasteiger partial charge < -0.3 is 10.5 Å². The van der Waals surface area contributed by atoms with Crippen molar-refractivity contribution in [3.8, 4) is 0 Å². The number of ether oxygens (including phenoxy) is 1. The van der Waals surface area contributed by atoms with Crippen LogP contribution in [0.1, 0.15) is 11.1 Å². The van der Waals surface area contributed by atoms with Crippen LogP contribution in [0.2, 0.25) is 0 Å². The van der Waals surface area contributed by atoms with Crippen molar-refractivity contribution in [2.45, 2.75) is 24.9 Å². The molecule has 9 heteroatoms. The molecule has 0 aliphatic carbocycles. The second kappa shape index (κ2) is 6.63. The van der Waals surface area contributed by atoms with Crippen molar-refractivity contribution >= 4 is 15.7 Å². The summed E-state index contributed by atoms with van der Waals surface area (Å²) in [6, 6.07) is 2.95.